The molecule has 1 heterocycles. The Balaban J connectivity index is 1.89. The Bertz CT molecular complexity index is 467. The highest BCUT2D eigenvalue weighted by atomic mass is 79.9. The van der Waals surface area contributed by atoms with E-state index >= 15 is 0 Å². The van der Waals surface area contributed by atoms with Gasteiger partial charge in [-0.2, -0.15) is 0 Å². The molecule has 0 saturated heterocycles. The van der Waals surface area contributed by atoms with Crippen molar-refractivity contribution >= 4 is 15.9 Å². The second-order valence-corrected chi connectivity index (χ2v) is 5.22. The van der Waals surface area contributed by atoms with Crippen LogP contribution in [0.4, 0.5) is 0 Å². The molecule has 1 N–H and O–H groups in total. The standard InChI is InChI=1S/C15H18BrNO/c1-2-15(12-5-3-6-13(16)11-12)17-9-8-14-7-4-10-18-14/h3-7,10-11,15,17H,2,8-9H2,1H3. The fourth-order valence-electron chi connectivity index (χ4n) is 2.05. The van der Waals surface area contributed by atoms with Gasteiger partial charge in [0.2, 0.25) is 0 Å². The Morgan fingerprint density at radius 1 is 1.28 bits per heavy atom. The van der Waals surface area contributed by atoms with Gasteiger partial charge in [-0.05, 0) is 36.2 Å². The second kappa shape index (κ2) is 6.76. The normalized spacial score (nSPS) is 12.6. The highest BCUT2D eigenvalue weighted by Gasteiger charge is 2.08. The van der Waals surface area contributed by atoms with Gasteiger partial charge in [0, 0.05) is 23.5 Å². The lowest BCUT2D eigenvalue weighted by Gasteiger charge is -2.17. The Morgan fingerprint density at radius 2 is 2.17 bits per heavy atom. The molecule has 2 aromatic rings. The lowest BCUT2D eigenvalue weighted by Crippen LogP contribution is -2.23. The summed E-state index contributed by atoms with van der Waals surface area (Å²) in [5.41, 5.74) is 1.33. The van der Waals surface area contributed by atoms with E-state index in [4.69, 9.17) is 4.42 Å². The van der Waals surface area contributed by atoms with E-state index in [9.17, 15) is 0 Å². The van der Waals surface area contributed by atoms with E-state index in [-0.39, 0.29) is 0 Å². The van der Waals surface area contributed by atoms with E-state index in [1.165, 1.54) is 5.56 Å². The number of benzene rings is 1. The maximum absolute atomic E-state index is 5.33. The summed E-state index contributed by atoms with van der Waals surface area (Å²) in [6.45, 7) is 3.13. The number of hydrogen-bond acceptors (Lipinski definition) is 2. The van der Waals surface area contributed by atoms with Crippen LogP contribution in [0.25, 0.3) is 0 Å². The minimum Gasteiger partial charge on any atom is -0.469 e. The topological polar surface area (TPSA) is 25.2 Å². The van der Waals surface area contributed by atoms with Gasteiger partial charge in [-0.1, -0.05) is 35.0 Å². The second-order valence-electron chi connectivity index (χ2n) is 4.30. The minimum absolute atomic E-state index is 0.400. The molecule has 2 nitrogen and oxygen atoms in total. The zero-order valence-electron chi connectivity index (χ0n) is 10.5. The molecule has 0 radical (unpaired) electrons. The molecule has 1 atom stereocenters. The van der Waals surface area contributed by atoms with Gasteiger partial charge in [0.25, 0.3) is 0 Å². The first-order valence-electron chi connectivity index (χ1n) is 6.31. The van der Waals surface area contributed by atoms with E-state index in [2.05, 4.69) is 52.4 Å². The number of nitrogens with one attached hydrogen (secondary N) is 1. The number of halogens is 1. The fourth-order valence-corrected chi connectivity index (χ4v) is 2.46. The highest BCUT2D eigenvalue weighted by Crippen LogP contribution is 2.20. The molecule has 96 valence electrons. The third-order valence-corrected chi connectivity index (χ3v) is 3.49. The van der Waals surface area contributed by atoms with Crippen molar-refractivity contribution in [3.05, 3.63) is 58.5 Å². The van der Waals surface area contributed by atoms with E-state index in [1.807, 2.05) is 12.1 Å². The summed E-state index contributed by atoms with van der Waals surface area (Å²) in [6, 6.07) is 12.8. The van der Waals surface area contributed by atoms with E-state index < -0.39 is 0 Å². The summed E-state index contributed by atoms with van der Waals surface area (Å²) in [7, 11) is 0. The average molecular weight is 308 g/mol. The van der Waals surface area contributed by atoms with Crippen molar-refractivity contribution in [2.24, 2.45) is 0 Å². The molecule has 0 aliphatic heterocycles. The maximum Gasteiger partial charge on any atom is 0.105 e. The van der Waals surface area contributed by atoms with Crippen LogP contribution in [0.15, 0.2) is 51.6 Å². The van der Waals surface area contributed by atoms with E-state index in [0.29, 0.717) is 6.04 Å². The molecule has 1 aromatic carbocycles. The predicted octanol–water partition coefficient (Wildman–Crippen LogP) is 4.33. The molecule has 0 amide bonds. The van der Waals surface area contributed by atoms with Gasteiger partial charge in [-0.3, -0.25) is 0 Å². The molecule has 1 aromatic heterocycles. The molecule has 0 fully saturated rings. The van der Waals surface area contributed by atoms with Crippen LogP contribution in [0.2, 0.25) is 0 Å². The van der Waals surface area contributed by atoms with Crippen LogP contribution in [-0.4, -0.2) is 6.54 Å². The first kappa shape index (κ1) is 13.4. The zero-order valence-corrected chi connectivity index (χ0v) is 12.1. The van der Waals surface area contributed by atoms with Crippen molar-refractivity contribution in [2.45, 2.75) is 25.8 Å². The Hall–Kier alpha value is -1.06. The number of hydrogen-bond donors (Lipinski definition) is 1. The van der Waals surface area contributed by atoms with Crippen molar-refractivity contribution in [3.63, 3.8) is 0 Å². The first-order chi connectivity index (χ1) is 8.79. The highest BCUT2D eigenvalue weighted by molar-refractivity contribution is 9.10. The summed E-state index contributed by atoms with van der Waals surface area (Å²) in [6.07, 6.45) is 3.73. The van der Waals surface area contributed by atoms with Crippen LogP contribution >= 0.6 is 15.9 Å². The summed E-state index contributed by atoms with van der Waals surface area (Å²) < 4.78 is 6.46. The van der Waals surface area contributed by atoms with Gasteiger partial charge in [-0.25, -0.2) is 0 Å². The molecule has 0 spiro atoms. The van der Waals surface area contributed by atoms with Crippen LogP contribution in [0.1, 0.15) is 30.7 Å². The average Bonchev–Trinajstić information content (AvgIpc) is 2.88. The van der Waals surface area contributed by atoms with E-state index in [1.54, 1.807) is 6.26 Å². The Morgan fingerprint density at radius 3 is 2.83 bits per heavy atom. The van der Waals surface area contributed by atoms with Crippen molar-refractivity contribution in [2.75, 3.05) is 6.54 Å². The predicted molar refractivity (Wildman–Crippen MR) is 77.6 cm³/mol. The Kier molecular flexibility index (Phi) is 5.02. The Labute approximate surface area is 117 Å². The van der Waals surface area contributed by atoms with Gasteiger partial charge < -0.3 is 9.73 Å². The van der Waals surface area contributed by atoms with Crippen molar-refractivity contribution in [1.82, 2.24) is 5.32 Å². The number of furan rings is 1. The quantitative estimate of drug-likeness (QED) is 0.859. The molecule has 1 unspecified atom stereocenters. The fraction of sp³-hybridized carbons (Fsp3) is 0.333. The van der Waals surface area contributed by atoms with Crippen LogP contribution in [0.3, 0.4) is 0 Å². The molecule has 2 rings (SSSR count). The summed E-state index contributed by atoms with van der Waals surface area (Å²) in [5, 5.41) is 3.57. The third-order valence-electron chi connectivity index (χ3n) is 3.00. The van der Waals surface area contributed by atoms with Crippen LogP contribution in [0, 0.1) is 0 Å². The van der Waals surface area contributed by atoms with Gasteiger partial charge >= 0.3 is 0 Å². The molecule has 0 bridgehead atoms. The van der Waals surface area contributed by atoms with Crippen molar-refractivity contribution < 1.29 is 4.42 Å². The molecule has 0 aliphatic rings. The molecular formula is C15H18BrNO. The SMILES string of the molecule is CCC(NCCc1ccco1)c1cccc(Br)c1. The monoisotopic (exact) mass is 307 g/mol. The molecule has 18 heavy (non-hydrogen) atoms. The molecule has 0 aliphatic carbocycles. The van der Waals surface area contributed by atoms with Crippen LogP contribution in [0.5, 0.6) is 0 Å². The maximum atomic E-state index is 5.33. The van der Waals surface area contributed by atoms with Gasteiger partial charge in [-0.15, -0.1) is 0 Å². The molecular weight excluding hydrogens is 290 g/mol. The minimum atomic E-state index is 0.400. The summed E-state index contributed by atoms with van der Waals surface area (Å²) in [5.74, 6) is 1.03. The summed E-state index contributed by atoms with van der Waals surface area (Å²) in [4.78, 5) is 0. The zero-order chi connectivity index (χ0) is 12.8. The lowest BCUT2D eigenvalue weighted by atomic mass is 10.0. The van der Waals surface area contributed by atoms with Crippen LogP contribution < -0.4 is 5.32 Å². The van der Waals surface area contributed by atoms with Crippen molar-refractivity contribution in [3.8, 4) is 0 Å². The van der Waals surface area contributed by atoms with Gasteiger partial charge in [0.1, 0.15) is 5.76 Å². The molecule has 0 saturated carbocycles. The summed E-state index contributed by atoms with van der Waals surface area (Å²) >= 11 is 3.52. The van der Waals surface area contributed by atoms with Crippen LogP contribution in [-0.2, 0) is 6.42 Å². The van der Waals surface area contributed by atoms with E-state index in [0.717, 1.165) is 29.6 Å². The lowest BCUT2D eigenvalue weighted by molar-refractivity contribution is 0.472. The number of rotatable bonds is 6. The van der Waals surface area contributed by atoms with Gasteiger partial charge in [0.05, 0.1) is 6.26 Å². The smallest absolute Gasteiger partial charge is 0.105 e. The third kappa shape index (κ3) is 3.72. The van der Waals surface area contributed by atoms with Gasteiger partial charge in [0.15, 0.2) is 0 Å². The first-order valence-corrected chi connectivity index (χ1v) is 7.10. The molecule has 3 heteroatoms. The largest absolute Gasteiger partial charge is 0.469 e. The van der Waals surface area contributed by atoms with Crippen molar-refractivity contribution in [1.29, 1.82) is 0 Å².